The van der Waals surface area contributed by atoms with Crippen LogP contribution in [0.2, 0.25) is 0 Å². The molecule has 0 fully saturated rings. The second-order valence-electron chi connectivity index (χ2n) is 5.88. The van der Waals surface area contributed by atoms with Crippen LogP contribution < -0.4 is 10.6 Å². The van der Waals surface area contributed by atoms with Gasteiger partial charge in [0.2, 0.25) is 0 Å². The molecule has 8 heteroatoms. The molecule has 0 unspecified atom stereocenters. The van der Waals surface area contributed by atoms with E-state index < -0.39 is 17.5 Å². The molecule has 0 bridgehead atoms. The summed E-state index contributed by atoms with van der Waals surface area (Å²) >= 11 is 0. The minimum atomic E-state index is -1.05. The Morgan fingerprint density at radius 1 is 0.893 bits per heavy atom. The number of nitrogens with zero attached hydrogens (tertiary/aromatic N) is 3. The van der Waals surface area contributed by atoms with Crippen LogP contribution in [-0.2, 0) is 0 Å². The normalized spacial score (nSPS) is 10.6. The average molecular weight is 377 g/mol. The van der Waals surface area contributed by atoms with Crippen molar-refractivity contribution in [3.8, 4) is 0 Å². The number of para-hydroxylation sites is 1. The molecule has 0 spiro atoms. The molecule has 138 valence electrons. The molecule has 0 saturated carbocycles. The maximum atomic E-state index is 13.3. The third-order valence-electron chi connectivity index (χ3n) is 3.97. The molecule has 0 saturated heterocycles. The number of hydrogen-bond acceptors (Lipinski definition) is 5. The number of carbonyl (C=O) groups is 1. The monoisotopic (exact) mass is 377 g/mol. The van der Waals surface area contributed by atoms with E-state index in [1.165, 1.54) is 18.5 Å². The van der Waals surface area contributed by atoms with Gasteiger partial charge in [-0.15, -0.1) is 0 Å². The molecule has 0 atom stereocenters. The predicted molar refractivity (Wildman–Crippen MR) is 101 cm³/mol. The summed E-state index contributed by atoms with van der Waals surface area (Å²) in [6, 6.07) is 14.0. The fourth-order valence-corrected chi connectivity index (χ4v) is 2.66. The first kappa shape index (κ1) is 17.5. The Labute approximate surface area is 158 Å². The molecule has 2 aromatic heterocycles. The lowest BCUT2D eigenvalue weighted by Crippen LogP contribution is -2.14. The number of carbonyl (C=O) groups excluding carboxylic acids is 1. The van der Waals surface area contributed by atoms with Crippen molar-refractivity contribution in [1.82, 2.24) is 15.0 Å². The lowest BCUT2D eigenvalue weighted by molar-refractivity contribution is 0.102. The second kappa shape index (κ2) is 7.36. The molecule has 4 rings (SSSR count). The van der Waals surface area contributed by atoms with Gasteiger partial charge in [-0.25, -0.2) is 18.7 Å². The van der Waals surface area contributed by atoms with Crippen molar-refractivity contribution in [3.63, 3.8) is 0 Å². The summed E-state index contributed by atoms with van der Waals surface area (Å²) in [4.78, 5) is 24.8. The first-order chi connectivity index (χ1) is 13.6. The number of anilines is 3. The SMILES string of the molecule is O=C(Nc1ccc(F)c(F)c1)c1cc(Nc2cccc3cccnc23)ncn1. The Bertz CT molecular complexity index is 1180. The molecule has 2 N–H and O–H groups in total. The minimum absolute atomic E-state index is 0.0652. The number of fused-ring (bicyclic) bond motifs is 1. The molecule has 28 heavy (non-hydrogen) atoms. The van der Waals surface area contributed by atoms with Crippen molar-refractivity contribution >= 4 is 34.0 Å². The van der Waals surface area contributed by atoms with Gasteiger partial charge in [0.05, 0.1) is 11.2 Å². The summed E-state index contributed by atoms with van der Waals surface area (Å²) in [6.45, 7) is 0. The minimum Gasteiger partial charge on any atom is -0.338 e. The largest absolute Gasteiger partial charge is 0.338 e. The van der Waals surface area contributed by atoms with E-state index in [-0.39, 0.29) is 11.4 Å². The number of amides is 1. The maximum Gasteiger partial charge on any atom is 0.274 e. The third-order valence-corrected chi connectivity index (χ3v) is 3.97. The van der Waals surface area contributed by atoms with E-state index in [4.69, 9.17) is 0 Å². The van der Waals surface area contributed by atoms with Crippen LogP contribution >= 0.6 is 0 Å². The Balaban J connectivity index is 1.57. The fraction of sp³-hybridized carbons (Fsp3) is 0. The van der Waals surface area contributed by atoms with Gasteiger partial charge in [0.15, 0.2) is 11.6 Å². The van der Waals surface area contributed by atoms with E-state index in [0.717, 1.165) is 28.7 Å². The van der Waals surface area contributed by atoms with Gasteiger partial charge in [-0.3, -0.25) is 9.78 Å². The van der Waals surface area contributed by atoms with Crippen molar-refractivity contribution in [2.45, 2.75) is 0 Å². The van der Waals surface area contributed by atoms with Crippen molar-refractivity contribution in [2.24, 2.45) is 0 Å². The standard InChI is InChI=1S/C20H13F2N5O/c21-14-7-6-13(9-15(14)22)26-20(28)17-10-18(25-11-24-17)27-16-5-1-3-12-4-2-8-23-19(12)16/h1-11H,(H,26,28)(H,24,25,27). The summed E-state index contributed by atoms with van der Waals surface area (Å²) < 4.78 is 26.3. The molecule has 0 radical (unpaired) electrons. The first-order valence-corrected chi connectivity index (χ1v) is 8.29. The molecule has 0 aliphatic carbocycles. The molecule has 4 aromatic rings. The van der Waals surface area contributed by atoms with Gasteiger partial charge >= 0.3 is 0 Å². The first-order valence-electron chi connectivity index (χ1n) is 8.29. The van der Waals surface area contributed by atoms with Gasteiger partial charge in [-0.1, -0.05) is 18.2 Å². The lowest BCUT2D eigenvalue weighted by atomic mass is 10.2. The van der Waals surface area contributed by atoms with Gasteiger partial charge in [0, 0.05) is 29.4 Å². The third kappa shape index (κ3) is 3.61. The maximum absolute atomic E-state index is 13.3. The molecule has 0 aliphatic rings. The molecule has 6 nitrogen and oxygen atoms in total. The molecule has 0 aliphatic heterocycles. The highest BCUT2D eigenvalue weighted by Gasteiger charge is 2.12. The van der Waals surface area contributed by atoms with E-state index in [2.05, 4.69) is 25.6 Å². The topological polar surface area (TPSA) is 79.8 Å². The summed E-state index contributed by atoms with van der Waals surface area (Å²) in [5, 5.41) is 6.55. The predicted octanol–water partition coefficient (Wildman–Crippen LogP) is 4.30. The van der Waals surface area contributed by atoms with Gasteiger partial charge in [-0.2, -0.15) is 0 Å². The van der Waals surface area contributed by atoms with Gasteiger partial charge in [-0.05, 0) is 24.3 Å². The van der Waals surface area contributed by atoms with Crippen molar-refractivity contribution in [3.05, 3.63) is 84.4 Å². The number of pyridine rings is 1. The average Bonchev–Trinajstić information content (AvgIpc) is 2.71. The van der Waals surface area contributed by atoms with Crippen LogP contribution in [0, 0.1) is 11.6 Å². The van der Waals surface area contributed by atoms with E-state index in [0.29, 0.717) is 5.82 Å². The number of rotatable bonds is 4. The van der Waals surface area contributed by atoms with Crippen LogP contribution in [0.5, 0.6) is 0 Å². The van der Waals surface area contributed by atoms with Crippen LogP contribution in [0.15, 0.2) is 67.1 Å². The van der Waals surface area contributed by atoms with Crippen molar-refractivity contribution in [1.29, 1.82) is 0 Å². The molecule has 2 aromatic carbocycles. The summed E-state index contributed by atoms with van der Waals surface area (Å²) in [5.41, 5.74) is 1.67. The number of halogens is 2. The van der Waals surface area contributed by atoms with Crippen LogP contribution in [0.25, 0.3) is 10.9 Å². The smallest absolute Gasteiger partial charge is 0.274 e. The van der Waals surface area contributed by atoms with Crippen LogP contribution in [0.1, 0.15) is 10.5 Å². The highest BCUT2D eigenvalue weighted by Crippen LogP contribution is 2.24. The van der Waals surface area contributed by atoms with Crippen LogP contribution in [-0.4, -0.2) is 20.9 Å². The van der Waals surface area contributed by atoms with Crippen molar-refractivity contribution in [2.75, 3.05) is 10.6 Å². The number of aromatic nitrogens is 3. The second-order valence-corrected chi connectivity index (χ2v) is 5.88. The number of benzene rings is 2. The van der Waals surface area contributed by atoms with Gasteiger partial charge < -0.3 is 10.6 Å². The Morgan fingerprint density at radius 3 is 2.61 bits per heavy atom. The van der Waals surface area contributed by atoms with E-state index in [1.807, 2.05) is 30.3 Å². The van der Waals surface area contributed by atoms with E-state index in [1.54, 1.807) is 6.20 Å². The molecular weight excluding hydrogens is 364 g/mol. The summed E-state index contributed by atoms with van der Waals surface area (Å²) in [7, 11) is 0. The van der Waals surface area contributed by atoms with E-state index >= 15 is 0 Å². The Morgan fingerprint density at radius 2 is 1.75 bits per heavy atom. The quantitative estimate of drug-likeness (QED) is 0.554. The molecule has 1 amide bonds. The zero-order chi connectivity index (χ0) is 19.5. The highest BCUT2D eigenvalue weighted by atomic mass is 19.2. The van der Waals surface area contributed by atoms with Crippen LogP contribution in [0.3, 0.4) is 0 Å². The summed E-state index contributed by atoms with van der Waals surface area (Å²) in [6.07, 6.45) is 2.93. The fourth-order valence-electron chi connectivity index (χ4n) is 2.66. The number of nitrogens with one attached hydrogen (secondary N) is 2. The van der Waals surface area contributed by atoms with Gasteiger partial charge in [0.25, 0.3) is 5.91 Å². The Kier molecular flexibility index (Phi) is 4.59. The highest BCUT2D eigenvalue weighted by molar-refractivity contribution is 6.03. The van der Waals surface area contributed by atoms with Gasteiger partial charge in [0.1, 0.15) is 17.8 Å². The summed E-state index contributed by atoms with van der Waals surface area (Å²) in [5.74, 6) is -2.22. The number of hydrogen-bond donors (Lipinski definition) is 2. The zero-order valence-electron chi connectivity index (χ0n) is 14.4. The van der Waals surface area contributed by atoms with Crippen molar-refractivity contribution < 1.29 is 13.6 Å². The lowest BCUT2D eigenvalue weighted by Gasteiger charge is -2.09. The van der Waals surface area contributed by atoms with Crippen LogP contribution in [0.4, 0.5) is 26.0 Å². The zero-order valence-corrected chi connectivity index (χ0v) is 14.4. The Hall–Kier alpha value is -3.94. The molecule has 2 heterocycles. The molecular formula is C20H13F2N5O. The van der Waals surface area contributed by atoms with E-state index in [9.17, 15) is 13.6 Å².